The minimum Gasteiger partial charge on any atom is -0.486 e. The first kappa shape index (κ1) is 19.8. The molecular weight excluding hydrogens is 378 g/mol. The number of amides is 1. The zero-order valence-electron chi connectivity index (χ0n) is 17.4. The molecule has 30 heavy (non-hydrogen) atoms. The molecule has 1 unspecified atom stereocenters. The fourth-order valence-electron chi connectivity index (χ4n) is 3.55. The Balaban J connectivity index is 1.46. The van der Waals surface area contributed by atoms with Gasteiger partial charge in [0.05, 0.1) is 17.4 Å². The Morgan fingerprint density at radius 2 is 1.83 bits per heavy atom. The Hall–Kier alpha value is -3.54. The van der Waals surface area contributed by atoms with Crippen molar-refractivity contribution in [1.29, 1.82) is 0 Å². The molecule has 6 heteroatoms. The van der Waals surface area contributed by atoms with Gasteiger partial charge in [-0.3, -0.25) is 4.79 Å². The highest BCUT2D eigenvalue weighted by molar-refractivity contribution is 5.92. The van der Waals surface area contributed by atoms with E-state index in [4.69, 9.17) is 9.47 Å². The molecule has 0 saturated carbocycles. The Bertz CT molecular complexity index is 1090. The van der Waals surface area contributed by atoms with E-state index in [1.54, 1.807) is 6.08 Å². The number of hydrogen-bond acceptors (Lipinski definition) is 4. The number of benzene rings is 2. The third-order valence-electron chi connectivity index (χ3n) is 5.17. The van der Waals surface area contributed by atoms with E-state index in [1.807, 2.05) is 80.1 Å². The van der Waals surface area contributed by atoms with E-state index in [9.17, 15) is 4.79 Å². The Kier molecular flexibility index (Phi) is 5.57. The standard InChI is InChI=1S/C24H25N3O3/c1-16(19-9-11-22-23(15-19)30-14-13-29-22)25-24(28)12-10-21-17(2)26-27(18(21)3)20-7-5-4-6-8-20/h4-12,15-16H,13-14H2,1-3H3,(H,25,28)/b12-10+. The Labute approximate surface area is 176 Å². The molecule has 1 aliphatic rings. The molecule has 0 aliphatic carbocycles. The maximum absolute atomic E-state index is 12.5. The molecule has 1 N–H and O–H groups in total. The Morgan fingerprint density at radius 1 is 1.10 bits per heavy atom. The van der Waals surface area contributed by atoms with Crippen molar-refractivity contribution in [3.63, 3.8) is 0 Å². The van der Waals surface area contributed by atoms with Gasteiger partial charge in [-0.1, -0.05) is 24.3 Å². The van der Waals surface area contributed by atoms with Gasteiger partial charge in [0, 0.05) is 17.3 Å². The first-order valence-electron chi connectivity index (χ1n) is 10.0. The number of rotatable bonds is 5. The Morgan fingerprint density at radius 3 is 2.60 bits per heavy atom. The number of nitrogens with one attached hydrogen (secondary N) is 1. The maximum atomic E-state index is 12.5. The van der Waals surface area contributed by atoms with E-state index in [1.165, 1.54) is 0 Å². The molecule has 2 aromatic carbocycles. The summed E-state index contributed by atoms with van der Waals surface area (Å²) in [4.78, 5) is 12.5. The van der Waals surface area contributed by atoms with Crippen molar-refractivity contribution in [3.05, 3.63) is 77.1 Å². The maximum Gasteiger partial charge on any atom is 0.244 e. The molecule has 0 spiro atoms. The third-order valence-corrected chi connectivity index (χ3v) is 5.17. The number of para-hydroxylation sites is 1. The molecule has 0 fully saturated rings. The normalized spacial score (nSPS) is 14.0. The predicted octanol–water partition coefficient (Wildman–Crippen LogP) is 4.15. The number of ether oxygens (including phenoxy) is 2. The largest absolute Gasteiger partial charge is 0.486 e. The predicted molar refractivity (Wildman–Crippen MR) is 116 cm³/mol. The van der Waals surface area contributed by atoms with Crippen LogP contribution in [0.5, 0.6) is 11.5 Å². The van der Waals surface area contributed by atoms with Crippen LogP contribution in [0.4, 0.5) is 0 Å². The lowest BCUT2D eigenvalue weighted by Gasteiger charge is -2.20. The molecule has 1 amide bonds. The van der Waals surface area contributed by atoms with Gasteiger partial charge in [0.1, 0.15) is 13.2 Å². The molecule has 3 aromatic rings. The van der Waals surface area contributed by atoms with Crippen LogP contribution in [0, 0.1) is 13.8 Å². The van der Waals surface area contributed by atoms with Crippen molar-refractivity contribution in [2.45, 2.75) is 26.8 Å². The van der Waals surface area contributed by atoms with Crippen LogP contribution in [0.1, 0.15) is 35.5 Å². The van der Waals surface area contributed by atoms with Crippen LogP contribution in [0.25, 0.3) is 11.8 Å². The molecule has 0 radical (unpaired) electrons. The fourth-order valence-corrected chi connectivity index (χ4v) is 3.55. The van der Waals surface area contributed by atoms with Crippen molar-refractivity contribution in [1.82, 2.24) is 15.1 Å². The summed E-state index contributed by atoms with van der Waals surface area (Å²) in [6.07, 6.45) is 3.38. The number of fused-ring (bicyclic) bond motifs is 1. The molecule has 0 saturated heterocycles. The first-order chi connectivity index (χ1) is 14.5. The van der Waals surface area contributed by atoms with E-state index < -0.39 is 0 Å². The monoisotopic (exact) mass is 403 g/mol. The number of nitrogens with zero attached hydrogens (tertiary/aromatic N) is 2. The van der Waals surface area contributed by atoms with Crippen LogP contribution >= 0.6 is 0 Å². The summed E-state index contributed by atoms with van der Waals surface area (Å²) in [6, 6.07) is 15.5. The summed E-state index contributed by atoms with van der Waals surface area (Å²) in [7, 11) is 0. The highest BCUT2D eigenvalue weighted by Gasteiger charge is 2.16. The van der Waals surface area contributed by atoms with Gasteiger partial charge in [-0.15, -0.1) is 0 Å². The summed E-state index contributed by atoms with van der Waals surface area (Å²) in [6.45, 7) is 6.99. The van der Waals surface area contributed by atoms with Gasteiger partial charge in [-0.2, -0.15) is 5.10 Å². The minimum atomic E-state index is -0.163. The first-order valence-corrected chi connectivity index (χ1v) is 10.0. The number of carbonyl (C=O) groups excluding carboxylic acids is 1. The summed E-state index contributed by atoms with van der Waals surface area (Å²) in [5.74, 6) is 1.29. The van der Waals surface area contributed by atoms with Crippen LogP contribution in [0.3, 0.4) is 0 Å². The zero-order valence-corrected chi connectivity index (χ0v) is 17.4. The van der Waals surface area contributed by atoms with E-state index in [0.29, 0.717) is 13.2 Å². The number of hydrogen-bond donors (Lipinski definition) is 1. The molecule has 1 atom stereocenters. The number of aromatic nitrogens is 2. The average Bonchev–Trinajstić information content (AvgIpc) is 3.05. The van der Waals surface area contributed by atoms with Gasteiger partial charge in [0.2, 0.25) is 5.91 Å². The van der Waals surface area contributed by atoms with Crippen LogP contribution in [-0.2, 0) is 4.79 Å². The van der Waals surface area contributed by atoms with Crippen LogP contribution in [-0.4, -0.2) is 28.9 Å². The molecule has 4 rings (SSSR count). The van der Waals surface area contributed by atoms with Crippen LogP contribution < -0.4 is 14.8 Å². The molecule has 1 aromatic heterocycles. The van der Waals surface area contributed by atoms with Crippen molar-refractivity contribution in [2.24, 2.45) is 0 Å². The van der Waals surface area contributed by atoms with Gasteiger partial charge in [0.25, 0.3) is 0 Å². The quantitative estimate of drug-likeness (QED) is 0.650. The highest BCUT2D eigenvalue weighted by Crippen LogP contribution is 2.32. The second kappa shape index (κ2) is 8.45. The molecule has 154 valence electrons. The number of carbonyl (C=O) groups is 1. The topological polar surface area (TPSA) is 65.4 Å². The minimum absolute atomic E-state index is 0.160. The zero-order chi connectivity index (χ0) is 21.1. The van der Waals surface area contributed by atoms with Crippen molar-refractivity contribution >= 4 is 12.0 Å². The SMILES string of the molecule is Cc1nn(-c2ccccc2)c(C)c1/C=C/C(=O)NC(C)c1ccc2c(c1)OCCO2. The lowest BCUT2D eigenvalue weighted by Crippen LogP contribution is -2.25. The van der Waals surface area contributed by atoms with E-state index in [2.05, 4.69) is 10.4 Å². The van der Waals surface area contributed by atoms with Gasteiger partial charge < -0.3 is 14.8 Å². The summed E-state index contributed by atoms with van der Waals surface area (Å²) in [5.41, 5.74) is 4.77. The lowest BCUT2D eigenvalue weighted by atomic mass is 10.1. The molecule has 0 bridgehead atoms. The average molecular weight is 403 g/mol. The van der Waals surface area contributed by atoms with E-state index in [0.717, 1.165) is 39.7 Å². The van der Waals surface area contributed by atoms with Crippen LogP contribution in [0.15, 0.2) is 54.6 Å². The van der Waals surface area contributed by atoms with Crippen molar-refractivity contribution in [3.8, 4) is 17.2 Å². The van der Waals surface area contributed by atoms with Gasteiger partial charge >= 0.3 is 0 Å². The van der Waals surface area contributed by atoms with Gasteiger partial charge in [0.15, 0.2) is 11.5 Å². The molecular formula is C24H25N3O3. The van der Waals surface area contributed by atoms with Gasteiger partial charge in [-0.25, -0.2) is 4.68 Å². The van der Waals surface area contributed by atoms with E-state index >= 15 is 0 Å². The molecule has 6 nitrogen and oxygen atoms in total. The highest BCUT2D eigenvalue weighted by atomic mass is 16.6. The second-order valence-corrected chi connectivity index (χ2v) is 7.30. The second-order valence-electron chi connectivity index (χ2n) is 7.30. The number of aryl methyl sites for hydroxylation is 1. The molecule has 1 aliphatic heterocycles. The van der Waals surface area contributed by atoms with Crippen molar-refractivity contribution in [2.75, 3.05) is 13.2 Å². The lowest BCUT2D eigenvalue weighted by molar-refractivity contribution is -0.117. The van der Waals surface area contributed by atoms with E-state index in [-0.39, 0.29) is 11.9 Å². The smallest absolute Gasteiger partial charge is 0.244 e. The third kappa shape index (κ3) is 4.08. The van der Waals surface area contributed by atoms with Crippen LogP contribution in [0.2, 0.25) is 0 Å². The summed E-state index contributed by atoms with van der Waals surface area (Å²) >= 11 is 0. The van der Waals surface area contributed by atoms with Crippen molar-refractivity contribution < 1.29 is 14.3 Å². The van der Waals surface area contributed by atoms with Gasteiger partial charge in [-0.05, 0) is 56.7 Å². The fraction of sp³-hybridized carbons (Fsp3) is 0.250. The molecule has 2 heterocycles. The summed E-state index contributed by atoms with van der Waals surface area (Å²) in [5, 5.41) is 7.62. The summed E-state index contributed by atoms with van der Waals surface area (Å²) < 4.78 is 13.1.